The van der Waals surface area contributed by atoms with Crippen molar-refractivity contribution in [3.8, 4) is 22.5 Å². The minimum absolute atomic E-state index is 0.188. The second kappa shape index (κ2) is 11.8. The Kier molecular flexibility index (Phi) is 7.81. The first-order valence-electron chi connectivity index (χ1n) is 13.7. The molecule has 3 heterocycles. The number of amides is 2. The number of nitrogens with one attached hydrogen (secondary N) is 2. The average Bonchev–Trinajstić information content (AvgIpc) is 3.69. The third-order valence-corrected chi connectivity index (χ3v) is 7.92. The van der Waals surface area contributed by atoms with Crippen LogP contribution in [0, 0.1) is 0 Å². The van der Waals surface area contributed by atoms with Gasteiger partial charge in [0.05, 0.1) is 17.7 Å². The van der Waals surface area contributed by atoms with Crippen LogP contribution in [0.4, 0.5) is 0 Å². The van der Waals surface area contributed by atoms with E-state index in [4.69, 9.17) is 28.2 Å². The number of hydrogen-bond donors (Lipinski definition) is 2. The minimum atomic E-state index is -0.224. The van der Waals surface area contributed by atoms with E-state index in [-0.39, 0.29) is 11.8 Å². The van der Waals surface area contributed by atoms with Crippen LogP contribution in [-0.4, -0.2) is 50.9 Å². The van der Waals surface area contributed by atoms with Gasteiger partial charge in [0.2, 0.25) is 5.91 Å². The highest BCUT2D eigenvalue weighted by Crippen LogP contribution is 2.39. The molecule has 3 aromatic carbocycles. The van der Waals surface area contributed by atoms with Crippen molar-refractivity contribution >= 4 is 45.9 Å². The van der Waals surface area contributed by atoms with Gasteiger partial charge in [-0.25, -0.2) is 4.98 Å². The highest BCUT2D eigenvalue weighted by molar-refractivity contribution is 6.31. The van der Waals surface area contributed by atoms with E-state index in [1.165, 1.54) is 0 Å². The van der Waals surface area contributed by atoms with Gasteiger partial charge in [0.1, 0.15) is 5.69 Å². The molecule has 7 nitrogen and oxygen atoms in total. The molecule has 9 heteroatoms. The zero-order chi connectivity index (χ0) is 28.3. The van der Waals surface area contributed by atoms with E-state index in [1.807, 2.05) is 84.0 Å². The number of aromatic nitrogens is 3. The zero-order valence-corrected chi connectivity index (χ0v) is 23.9. The Labute approximate surface area is 248 Å². The number of benzene rings is 3. The Morgan fingerprint density at radius 2 is 1.78 bits per heavy atom. The highest BCUT2D eigenvalue weighted by Gasteiger charge is 2.26. The molecule has 0 spiro atoms. The number of carbonyl (C=O) groups excluding carboxylic acids is 2. The Morgan fingerprint density at radius 3 is 2.54 bits per heavy atom. The van der Waals surface area contributed by atoms with Crippen molar-refractivity contribution in [2.24, 2.45) is 0 Å². The van der Waals surface area contributed by atoms with Crippen molar-refractivity contribution in [2.75, 3.05) is 19.6 Å². The fraction of sp³-hybridized carbons (Fsp3) is 0.219. The molecule has 208 valence electrons. The van der Waals surface area contributed by atoms with E-state index in [1.54, 1.807) is 0 Å². The van der Waals surface area contributed by atoms with Gasteiger partial charge in [-0.1, -0.05) is 71.7 Å². The molecule has 2 aromatic heterocycles. The van der Waals surface area contributed by atoms with Gasteiger partial charge in [-0.3, -0.25) is 9.59 Å². The fourth-order valence-electron chi connectivity index (χ4n) is 5.44. The molecular weight excluding hydrogens is 557 g/mol. The Hall–Kier alpha value is -4.07. The van der Waals surface area contributed by atoms with E-state index >= 15 is 0 Å². The summed E-state index contributed by atoms with van der Waals surface area (Å²) in [5.41, 5.74) is 5.56. The Bertz CT molecular complexity index is 1710. The van der Waals surface area contributed by atoms with Gasteiger partial charge in [0.25, 0.3) is 5.91 Å². The molecule has 0 unspecified atom stereocenters. The number of aromatic amines is 1. The number of rotatable bonds is 9. The summed E-state index contributed by atoms with van der Waals surface area (Å²) in [5, 5.41) is 5.18. The maximum Gasteiger partial charge on any atom is 0.268 e. The van der Waals surface area contributed by atoms with Crippen LogP contribution in [0.15, 0.2) is 79.1 Å². The number of hydrogen-bond acceptors (Lipinski definition) is 3. The lowest BCUT2D eigenvalue weighted by atomic mass is 10.0. The molecule has 41 heavy (non-hydrogen) atoms. The molecule has 0 radical (unpaired) electrons. The summed E-state index contributed by atoms with van der Waals surface area (Å²) in [4.78, 5) is 35.7. The number of H-pyrrole nitrogens is 1. The lowest BCUT2D eigenvalue weighted by molar-refractivity contribution is -0.127. The summed E-state index contributed by atoms with van der Waals surface area (Å²) in [6, 6.07) is 23.3. The second-order valence-electron chi connectivity index (χ2n) is 10.2. The molecule has 6 rings (SSSR count). The van der Waals surface area contributed by atoms with E-state index in [9.17, 15) is 9.59 Å². The van der Waals surface area contributed by atoms with Crippen molar-refractivity contribution in [3.63, 3.8) is 0 Å². The molecule has 1 saturated heterocycles. The quantitative estimate of drug-likeness (QED) is 0.187. The fourth-order valence-corrected chi connectivity index (χ4v) is 5.74. The monoisotopic (exact) mass is 585 g/mol. The Morgan fingerprint density at radius 1 is 1.00 bits per heavy atom. The number of imidazole rings is 1. The van der Waals surface area contributed by atoms with Gasteiger partial charge < -0.3 is 19.8 Å². The molecular formula is C32H29Cl2N5O2. The average molecular weight is 587 g/mol. The van der Waals surface area contributed by atoms with E-state index in [0.29, 0.717) is 48.2 Å². The lowest BCUT2D eigenvalue weighted by Crippen LogP contribution is -2.31. The predicted molar refractivity (Wildman–Crippen MR) is 163 cm³/mol. The number of fused-ring (bicyclic) bond motifs is 1. The van der Waals surface area contributed by atoms with Gasteiger partial charge in [-0.2, -0.15) is 0 Å². The van der Waals surface area contributed by atoms with Crippen LogP contribution in [0.25, 0.3) is 33.4 Å². The molecule has 1 aliphatic rings. The highest BCUT2D eigenvalue weighted by atomic mass is 35.5. The second-order valence-corrected chi connectivity index (χ2v) is 11.1. The maximum absolute atomic E-state index is 13.7. The lowest BCUT2D eigenvalue weighted by Gasteiger charge is -2.15. The number of nitrogens with zero attached hydrogens (tertiary/aromatic N) is 3. The van der Waals surface area contributed by atoms with Crippen molar-refractivity contribution in [1.29, 1.82) is 0 Å². The SMILES string of the molecule is O=C(NCCCN1CCCC1=O)c1[nH]c2cc(Cl)ccc2c1-c1c(-c2ccccc2)ncn1Cc1ccc(Cl)cc1. The first kappa shape index (κ1) is 27.1. The number of carbonyl (C=O) groups is 2. The number of likely N-dealkylation sites (tertiary alicyclic amines) is 1. The van der Waals surface area contributed by atoms with Crippen molar-refractivity contribution < 1.29 is 9.59 Å². The molecule has 1 aliphatic heterocycles. The van der Waals surface area contributed by atoms with E-state index in [0.717, 1.165) is 51.9 Å². The van der Waals surface area contributed by atoms with Crippen LogP contribution in [0.2, 0.25) is 10.0 Å². The number of halogens is 2. The first-order valence-corrected chi connectivity index (χ1v) is 14.5. The van der Waals surface area contributed by atoms with Gasteiger partial charge in [-0.05, 0) is 42.7 Å². The van der Waals surface area contributed by atoms with E-state index in [2.05, 4.69) is 14.9 Å². The summed E-state index contributed by atoms with van der Waals surface area (Å²) in [7, 11) is 0. The molecule has 0 bridgehead atoms. The Balaban J connectivity index is 1.41. The van der Waals surface area contributed by atoms with Gasteiger partial charge in [0, 0.05) is 64.7 Å². The zero-order valence-electron chi connectivity index (χ0n) is 22.4. The molecule has 0 saturated carbocycles. The van der Waals surface area contributed by atoms with Gasteiger partial charge >= 0.3 is 0 Å². The normalized spacial score (nSPS) is 13.3. The van der Waals surface area contributed by atoms with Crippen molar-refractivity contribution in [2.45, 2.75) is 25.8 Å². The molecule has 2 amide bonds. The van der Waals surface area contributed by atoms with Crippen LogP contribution in [0.5, 0.6) is 0 Å². The van der Waals surface area contributed by atoms with E-state index < -0.39 is 0 Å². The molecule has 0 atom stereocenters. The van der Waals surface area contributed by atoms with Crippen LogP contribution >= 0.6 is 23.2 Å². The third-order valence-electron chi connectivity index (χ3n) is 7.44. The standard InChI is InChI=1S/C32H29Cl2N5O2/c33-23-11-9-21(10-12-23)19-39-20-36-29(22-6-2-1-3-7-22)31(39)28-25-14-13-24(34)18-26(25)37-30(28)32(41)35-15-5-17-38-16-4-8-27(38)40/h1-3,6-7,9-14,18,20,37H,4-5,8,15-17,19H2,(H,35,41). The third kappa shape index (κ3) is 5.73. The molecule has 5 aromatic rings. The summed E-state index contributed by atoms with van der Waals surface area (Å²) in [6.45, 7) is 2.42. The predicted octanol–water partition coefficient (Wildman–Crippen LogP) is 6.80. The molecule has 1 fully saturated rings. The van der Waals surface area contributed by atoms with Gasteiger partial charge in [-0.15, -0.1) is 0 Å². The van der Waals surface area contributed by atoms with Crippen molar-refractivity contribution in [3.05, 3.63) is 100 Å². The summed E-state index contributed by atoms with van der Waals surface area (Å²) in [6.07, 6.45) is 4.01. The van der Waals surface area contributed by atoms with Crippen LogP contribution in [0.1, 0.15) is 35.3 Å². The van der Waals surface area contributed by atoms with Crippen molar-refractivity contribution in [1.82, 2.24) is 24.8 Å². The molecule has 2 N–H and O–H groups in total. The largest absolute Gasteiger partial charge is 0.351 e. The van der Waals surface area contributed by atoms with Crippen LogP contribution in [-0.2, 0) is 11.3 Å². The summed E-state index contributed by atoms with van der Waals surface area (Å²) < 4.78 is 2.07. The molecule has 0 aliphatic carbocycles. The van der Waals surface area contributed by atoms with Crippen LogP contribution in [0.3, 0.4) is 0 Å². The van der Waals surface area contributed by atoms with Gasteiger partial charge in [0.15, 0.2) is 0 Å². The summed E-state index contributed by atoms with van der Waals surface area (Å²) in [5.74, 6) is -0.0353. The minimum Gasteiger partial charge on any atom is -0.351 e. The first-order chi connectivity index (χ1) is 20.0. The maximum atomic E-state index is 13.7. The summed E-state index contributed by atoms with van der Waals surface area (Å²) >= 11 is 12.5. The topological polar surface area (TPSA) is 83.0 Å². The van der Waals surface area contributed by atoms with Crippen LogP contribution < -0.4 is 5.32 Å². The smallest absolute Gasteiger partial charge is 0.268 e.